The highest BCUT2D eigenvalue weighted by molar-refractivity contribution is 7.07. The third-order valence-electron chi connectivity index (χ3n) is 8.31. The molecule has 0 aliphatic carbocycles. The summed E-state index contributed by atoms with van der Waals surface area (Å²) in [6.07, 6.45) is 5.12. The van der Waals surface area contributed by atoms with E-state index in [2.05, 4.69) is 13.2 Å². The number of benzene rings is 3. The fourth-order valence-corrected chi connectivity index (χ4v) is 7.42. The number of rotatable bonds is 8. The van der Waals surface area contributed by atoms with Crippen LogP contribution in [0.15, 0.2) is 144 Å². The molecule has 0 saturated carbocycles. The molecule has 0 spiro atoms. The molecule has 10 heteroatoms. The van der Waals surface area contributed by atoms with Gasteiger partial charge in [0.2, 0.25) is 0 Å². The number of furan rings is 3. The first-order valence-electron chi connectivity index (χ1n) is 16.6. The summed E-state index contributed by atoms with van der Waals surface area (Å²) in [7, 11) is 0. The highest BCUT2D eigenvalue weighted by Crippen LogP contribution is 2.24. The van der Waals surface area contributed by atoms with Crippen molar-refractivity contribution in [1.29, 1.82) is 0 Å². The molecule has 8 aromatic rings. The van der Waals surface area contributed by atoms with Crippen molar-refractivity contribution in [3.05, 3.63) is 194 Å². The Hall–Kier alpha value is -5.87. The lowest BCUT2D eigenvalue weighted by molar-refractivity contribution is 0.489. The van der Waals surface area contributed by atoms with E-state index in [4.69, 9.17) is 24.9 Å². The third-order valence-corrected chi connectivity index (χ3v) is 10.5. The summed E-state index contributed by atoms with van der Waals surface area (Å²) in [4.78, 5) is 25.4. The first-order chi connectivity index (χ1) is 25.7. The summed E-state index contributed by atoms with van der Waals surface area (Å²) in [5.74, 6) is 3.50. The van der Waals surface area contributed by atoms with E-state index in [1.54, 1.807) is 33.6 Å². The summed E-state index contributed by atoms with van der Waals surface area (Å²) in [5, 5.41) is 0.679. The number of aromatic nitrogens is 2. The van der Waals surface area contributed by atoms with Gasteiger partial charge in [0.15, 0.2) is 0 Å². The molecule has 3 aromatic carbocycles. The Morgan fingerprint density at radius 1 is 0.648 bits per heavy atom. The molecular formula is C44H37ClN2O5S2. The van der Waals surface area contributed by atoms with E-state index >= 15 is 0 Å². The maximum Gasteiger partial charge on any atom is 0.269 e. The fourth-order valence-electron chi connectivity index (χ4n) is 5.53. The minimum Gasteiger partial charge on any atom is -0.467 e. The van der Waals surface area contributed by atoms with Crippen molar-refractivity contribution in [1.82, 2.24) is 9.13 Å². The van der Waals surface area contributed by atoms with E-state index in [-0.39, 0.29) is 18.5 Å². The summed E-state index contributed by atoms with van der Waals surface area (Å²) < 4.78 is 23.0. The monoisotopic (exact) mass is 772 g/mol. The normalized spacial score (nSPS) is 11.7. The van der Waals surface area contributed by atoms with Gasteiger partial charge >= 0.3 is 0 Å². The second-order valence-corrected chi connectivity index (χ2v) is 14.8. The predicted molar refractivity (Wildman–Crippen MR) is 222 cm³/mol. The van der Waals surface area contributed by atoms with Crippen molar-refractivity contribution in [2.75, 3.05) is 0 Å². The van der Waals surface area contributed by atoms with Crippen LogP contribution in [-0.4, -0.2) is 9.13 Å². The first-order valence-corrected chi connectivity index (χ1v) is 18.6. The largest absolute Gasteiger partial charge is 0.467 e. The summed E-state index contributed by atoms with van der Waals surface area (Å²) >= 11 is 8.65. The van der Waals surface area contributed by atoms with Gasteiger partial charge in [0, 0.05) is 28.3 Å². The van der Waals surface area contributed by atoms with Crippen LogP contribution in [-0.2, 0) is 13.1 Å². The van der Waals surface area contributed by atoms with Gasteiger partial charge in [-0.05, 0) is 73.2 Å². The fraction of sp³-hybridized carbons (Fsp3) is 0.0909. The molecule has 0 atom stereocenters. The Balaban J connectivity index is 0.000000182. The quantitative estimate of drug-likeness (QED) is 0.156. The van der Waals surface area contributed by atoms with Crippen LogP contribution in [0.3, 0.4) is 0 Å². The van der Waals surface area contributed by atoms with Crippen LogP contribution in [0.1, 0.15) is 35.8 Å². The van der Waals surface area contributed by atoms with Crippen LogP contribution >= 0.6 is 34.3 Å². The lowest BCUT2D eigenvalue weighted by Gasteiger charge is -2.02. The Morgan fingerprint density at radius 3 is 1.72 bits per heavy atom. The van der Waals surface area contributed by atoms with Gasteiger partial charge in [0.1, 0.15) is 28.8 Å². The minimum absolute atomic E-state index is 0. The highest BCUT2D eigenvalue weighted by Gasteiger charge is 2.09. The zero-order chi connectivity index (χ0) is 36.9. The highest BCUT2D eigenvalue weighted by atomic mass is 35.5. The number of thiazole rings is 2. The third kappa shape index (κ3) is 8.83. The topological polar surface area (TPSA) is 83.4 Å². The molecule has 0 unspecified atom stereocenters. The van der Waals surface area contributed by atoms with Gasteiger partial charge < -0.3 is 13.3 Å². The van der Waals surface area contributed by atoms with E-state index in [9.17, 15) is 9.59 Å². The molecule has 8 rings (SSSR count). The Labute approximate surface area is 324 Å². The van der Waals surface area contributed by atoms with Gasteiger partial charge in [-0.3, -0.25) is 18.7 Å². The zero-order valence-electron chi connectivity index (χ0n) is 28.7. The molecule has 0 aliphatic rings. The van der Waals surface area contributed by atoms with Gasteiger partial charge in [0.25, 0.3) is 11.1 Å². The number of hydrogen-bond acceptors (Lipinski definition) is 7. The van der Waals surface area contributed by atoms with E-state index < -0.39 is 0 Å². The van der Waals surface area contributed by atoms with Crippen molar-refractivity contribution >= 4 is 59.6 Å². The van der Waals surface area contributed by atoms with Crippen LogP contribution in [0, 0.1) is 6.92 Å². The number of hydrogen-bond donors (Lipinski definition) is 0. The molecule has 5 aromatic heterocycles. The van der Waals surface area contributed by atoms with Crippen molar-refractivity contribution in [3.8, 4) is 22.6 Å². The number of nitrogens with zero attached hydrogens (tertiary/aromatic N) is 2. The van der Waals surface area contributed by atoms with Crippen LogP contribution < -0.4 is 29.5 Å². The van der Waals surface area contributed by atoms with Gasteiger partial charge in [-0.25, -0.2) is 0 Å². The average Bonchev–Trinajstić information content (AvgIpc) is 4.02. The maximum absolute atomic E-state index is 12.8. The molecule has 0 fully saturated rings. The predicted octanol–water partition coefficient (Wildman–Crippen LogP) is 8.11. The Morgan fingerprint density at radius 2 is 1.19 bits per heavy atom. The van der Waals surface area contributed by atoms with Gasteiger partial charge in [-0.2, -0.15) is 0 Å². The molecule has 0 radical (unpaired) electrons. The number of aryl methyl sites for hydroxylation is 1. The van der Waals surface area contributed by atoms with Gasteiger partial charge in [0.05, 0.1) is 37.7 Å². The van der Waals surface area contributed by atoms with Crippen LogP contribution in [0.4, 0.5) is 0 Å². The smallest absolute Gasteiger partial charge is 0.269 e. The molecular weight excluding hydrogens is 736 g/mol. The lowest BCUT2D eigenvalue weighted by Crippen LogP contribution is -2.31. The Bertz CT molecular complexity index is 2820. The molecule has 0 bridgehead atoms. The van der Waals surface area contributed by atoms with Crippen molar-refractivity contribution < 1.29 is 13.3 Å². The second-order valence-electron chi connectivity index (χ2n) is 12.1. The SMILES string of the molecule is C.C=c1s/c(=C\c2ccc(-c3ccc(Cl)cc3)o2)c(=O)n1Cc1ccc(C)cc1.C=c1s/c(=C\c2ccc(-c3ccccc3)o2)c(=O)n1Cc1ccco1. The average molecular weight is 773 g/mol. The molecule has 54 heavy (non-hydrogen) atoms. The lowest BCUT2D eigenvalue weighted by atomic mass is 10.1. The summed E-state index contributed by atoms with van der Waals surface area (Å²) in [6.45, 7) is 10.9. The summed E-state index contributed by atoms with van der Waals surface area (Å²) in [6, 6.07) is 36.6. The van der Waals surface area contributed by atoms with Crippen molar-refractivity contribution in [2.24, 2.45) is 0 Å². The van der Waals surface area contributed by atoms with Gasteiger partial charge in [-0.15, -0.1) is 22.7 Å². The van der Waals surface area contributed by atoms with Crippen LogP contribution in [0.5, 0.6) is 0 Å². The maximum atomic E-state index is 12.8. The molecule has 0 amide bonds. The van der Waals surface area contributed by atoms with Crippen molar-refractivity contribution in [3.63, 3.8) is 0 Å². The van der Waals surface area contributed by atoms with Crippen molar-refractivity contribution in [2.45, 2.75) is 27.4 Å². The standard InChI is InChI=1S/C23H18ClNO2S.C20H15NO3S.CH4/c1-15-3-5-17(6-4-15)14-25-16(2)28-22(23(25)26)13-20-11-12-21(27-20)18-7-9-19(24)10-8-18;1-14-21(13-17-8-5-11-23-17)20(22)19(25-14)12-16-9-10-18(24-16)15-6-3-2-4-7-15;/h3-13H,2,14H2,1H3;2-12H,1,13H2;1H4/b22-13-;19-12-;. The van der Waals surface area contributed by atoms with Crippen LogP contribution in [0.25, 0.3) is 48.0 Å². The van der Waals surface area contributed by atoms with E-state index in [1.807, 2.05) is 116 Å². The molecule has 5 heterocycles. The molecule has 0 aliphatic heterocycles. The van der Waals surface area contributed by atoms with Gasteiger partial charge in [-0.1, -0.05) is 92.3 Å². The molecule has 0 N–H and O–H groups in total. The second kappa shape index (κ2) is 16.9. The van der Waals surface area contributed by atoms with E-state index in [1.165, 1.54) is 28.2 Å². The zero-order valence-corrected chi connectivity index (χ0v) is 31.0. The number of halogens is 1. The summed E-state index contributed by atoms with van der Waals surface area (Å²) in [5.41, 5.74) is 4.06. The Kier molecular flexibility index (Phi) is 11.8. The van der Waals surface area contributed by atoms with E-state index in [0.29, 0.717) is 43.4 Å². The molecule has 7 nitrogen and oxygen atoms in total. The van der Waals surface area contributed by atoms with Crippen LogP contribution in [0.2, 0.25) is 5.02 Å². The first kappa shape index (κ1) is 37.9. The van der Waals surface area contributed by atoms with E-state index in [0.717, 1.165) is 38.6 Å². The molecule has 272 valence electrons. The minimum atomic E-state index is -0.0935. The molecule has 0 saturated heterocycles.